The number of hydrogen-bond donors (Lipinski definition) is 1. The van der Waals surface area contributed by atoms with Crippen molar-refractivity contribution in [1.82, 2.24) is 10.4 Å². The SMILES string of the molecule is COCCOCCNC(=O)CCCCC[N+]1=C(C=CC=C/C=C2/N(CCCCCC(=O)ON3C(=O)CCC3=O)c3ccccc3C2(C)C)C(C)(C)c2ccccc21. The van der Waals surface area contributed by atoms with Gasteiger partial charge in [-0.25, -0.2) is 4.79 Å². The average molecular weight is 782 g/mol. The molecule has 0 radical (unpaired) electrons. The summed E-state index contributed by atoms with van der Waals surface area (Å²) in [6.07, 6.45) is 16.7. The van der Waals surface area contributed by atoms with Crippen molar-refractivity contribution < 1.29 is 38.1 Å². The summed E-state index contributed by atoms with van der Waals surface area (Å²) in [5.74, 6) is -1.40. The van der Waals surface area contributed by atoms with Gasteiger partial charge in [0.1, 0.15) is 6.54 Å². The van der Waals surface area contributed by atoms with Crippen LogP contribution in [0.5, 0.6) is 0 Å². The molecule has 306 valence electrons. The van der Waals surface area contributed by atoms with E-state index in [1.807, 2.05) is 0 Å². The van der Waals surface area contributed by atoms with E-state index in [4.69, 9.17) is 14.3 Å². The molecule has 0 atom stereocenters. The molecule has 11 nitrogen and oxygen atoms in total. The van der Waals surface area contributed by atoms with Crippen molar-refractivity contribution in [2.45, 2.75) is 103 Å². The van der Waals surface area contributed by atoms with Gasteiger partial charge < -0.3 is 24.5 Å². The lowest BCUT2D eigenvalue weighted by molar-refractivity contribution is -0.438. The van der Waals surface area contributed by atoms with Crippen molar-refractivity contribution in [3.63, 3.8) is 0 Å². The van der Waals surface area contributed by atoms with Gasteiger partial charge in [0.2, 0.25) is 11.6 Å². The van der Waals surface area contributed by atoms with Gasteiger partial charge in [-0.3, -0.25) is 14.4 Å². The normalized spacial score (nSPS) is 17.7. The van der Waals surface area contributed by atoms with E-state index in [2.05, 4.69) is 121 Å². The number of hydroxylamine groups is 2. The molecular weight excluding hydrogens is 721 g/mol. The number of carbonyl (C=O) groups excluding carboxylic acids is 4. The maximum absolute atomic E-state index is 12.3. The predicted molar refractivity (Wildman–Crippen MR) is 222 cm³/mol. The third-order valence-corrected chi connectivity index (χ3v) is 11.1. The van der Waals surface area contributed by atoms with E-state index in [0.29, 0.717) is 44.3 Å². The quantitative estimate of drug-likeness (QED) is 0.0570. The van der Waals surface area contributed by atoms with E-state index in [0.717, 1.165) is 45.2 Å². The number of ether oxygens (including phenoxy) is 2. The summed E-state index contributed by atoms with van der Waals surface area (Å²) in [6, 6.07) is 17.2. The second kappa shape index (κ2) is 20.5. The van der Waals surface area contributed by atoms with Crippen molar-refractivity contribution in [3.05, 3.63) is 95.7 Å². The number of rotatable bonds is 22. The molecule has 11 heteroatoms. The summed E-state index contributed by atoms with van der Waals surface area (Å²) in [6.45, 7) is 12.9. The van der Waals surface area contributed by atoms with E-state index < -0.39 is 17.8 Å². The lowest BCUT2D eigenvalue weighted by atomic mass is 9.81. The Hall–Kier alpha value is -4.87. The summed E-state index contributed by atoms with van der Waals surface area (Å²) >= 11 is 0. The molecule has 0 bridgehead atoms. The van der Waals surface area contributed by atoms with Crippen LogP contribution in [0, 0.1) is 0 Å². The third-order valence-electron chi connectivity index (χ3n) is 11.1. The van der Waals surface area contributed by atoms with Crippen LogP contribution in [0.3, 0.4) is 0 Å². The van der Waals surface area contributed by atoms with Crippen LogP contribution in [0.15, 0.2) is 84.6 Å². The zero-order chi connectivity index (χ0) is 40.8. The molecule has 3 aliphatic heterocycles. The number of methoxy groups -OCH3 is 1. The Kier molecular flexibility index (Phi) is 15.6. The number of nitrogens with one attached hydrogen (secondary N) is 1. The van der Waals surface area contributed by atoms with Crippen LogP contribution in [-0.2, 0) is 44.3 Å². The molecule has 0 unspecified atom stereocenters. The van der Waals surface area contributed by atoms with Crippen molar-refractivity contribution in [2.75, 3.05) is 51.5 Å². The topological polar surface area (TPSA) is 117 Å². The molecule has 2 aromatic carbocycles. The average Bonchev–Trinajstić information content (AvgIpc) is 3.71. The minimum atomic E-state index is -0.551. The Morgan fingerprint density at radius 3 is 2.26 bits per heavy atom. The number of nitrogens with zero attached hydrogens (tertiary/aromatic N) is 3. The van der Waals surface area contributed by atoms with E-state index in [1.165, 1.54) is 33.9 Å². The second-order valence-electron chi connectivity index (χ2n) is 15.9. The zero-order valence-corrected chi connectivity index (χ0v) is 34.5. The van der Waals surface area contributed by atoms with Gasteiger partial charge in [-0.15, -0.1) is 5.06 Å². The maximum atomic E-state index is 12.3. The van der Waals surface area contributed by atoms with Crippen molar-refractivity contribution in [2.24, 2.45) is 0 Å². The summed E-state index contributed by atoms with van der Waals surface area (Å²) in [5.41, 5.74) is 7.16. The molecule has 3 amide bonds. The first kappa shape index (κ1) is 43.3. The standard InChI is InChI=1S/C46H60N4O7/c1-45(2)35-19-13-15-21-37(35)48(30-17-7-11-25-41(51)47-29-32-56-34-33-55-5)39(45)23-9-6-10-24-40-46(3,4)36-20-14-16-22-38(36)49(40)31-18-8-12-26-44(54)57-50-42(52)27-28-43(50)53/h6,9-10,13-16,19-24H,7-8,11-12,17-18,25-34H2,1-5H3/p+1. The zero-order valence-electron chi connectivity index (χ0n) is 34.5. The first-order valence-electron chi connectivity index (χ1n) is 20.5. The van der Waals surface area contributed by atoms with E-state index in [1.54, 1.807) is 7.11 Å². The van der Waals surface area contributed by atoms with Crippen LogP contribution in [0.25, 0.3) is 0 Å². The smallest absolute Gasteiger partial charge is 0.333 e. The van der Waals surface area contributed by atoms with Gasteiger partial charge in [0.05, 0.1) is 25.2 Å². The number of fused-ring (bicyclic) bond motifs is 2. The highest BCUT2D eigenvalue weighted by molar-refractivity contribution is 6.03. The van der Waals surface area contributed by atoms with E-state index >= 15 is 0 Å². The van der Waals surface area contributed by atoms with Gasteiger partial charge >= 0.3 is 5.97 Å². The van der Waals surface area contributed by atoms with Gasteiger partial charge in [0.25, 0.3) is 11.8 Å². The summed E-state index contributed by atoms with van der Waals surface area (Å²) in [5, 5.41) is 3.56. The fourth-order valence-electron chi connectivity index (χ4n) is 7.97. The van der Waals surface area contributed by atoms with Crippen LogP contribution in [-0.4, -0.2) is 85.6 Å². The predicted octanol–water partition coefficient (Wildman–Crippen LogP) is 7.36. The summed E-state index contributed by atoms with van der Waals surface area (Å²) in [4.78, 5) is 55.6. The highest BCUT2D eigenvalue weighted by atomic mass is 16.7. The second-order valence-corrected chi connectivity index (χ2v) is 15.9. The molecular formula is C46H61N4O7+. The number of imide groups is 1. The summed E-state index contributed by atoms with van der Waals surface area (Å²) < 4.78 is 12.8. The molecule has 0 aliphatic carbocycles. The van der Waals surface area contributed by atoms with Crippen molar-refractivity contribution >= 4 is 40.8 Å². The monoisotopic (exact) mass is 781 g/mol. The Bertz CT molecular complexity index is 1860. The number of hydrogen-bond acceptors (Lipinski definition) is 8. The fourth-order valence-corrected chi connectivity index (χ4v) is 7.97. The molecule has 3 aliphatic rings. The van der Waals surface area contributed by atoms with Gasteiger partial charge in [-0.1, -0.05) is 74.9 Å². The van der Waals surface area contributed by atoms with Crippen LogP contribution in [0.4, 0.5) is 11.4 Å². The fraction of sp³-hybridized carbons (Fsp3) is 0.500. The molecule has 1 fully saturated rings. The highest BCUT2D eigenvalue weighted by Gasteiger charge is 2.44. The molecule has 0 spiro atoms. The number of unbranched alkanes of at least 4 members (excludes halogenated alkanes) is 4. The number of benzene rings is 2. The Balaban J connectivity index is 1.18. The van der Waals surface area contributed by atoms with Crippen LogP contribution in [0.1, 0.15) is 103 Å². The number of carbonyl (C=O) groups is 4. The molecule has 3 heterocycles. The first-order valence-corrected chi connectivity index (χ1v) is 20.5. The number of para-hydroxylation sites is 2. The molecule has 5 rings (SSSR count). The minimum absolute atomic E-state index is 0.0655. The lowest BCUT2D eigenvalue weighted by Crippen LogP contribution is -2.32. The molecule has 1 saturated heterocycles. The number of allylic oxidation sites excluding steroid dienone is 6. The van der Waals surface area contributed by atoms with Crippen LogP contribution in [0.2, 0.25) is 0 Å². The van der Waals surface area contributed by atoms with Crippen LogP contribution >= 0.6 is 0 Å². The Morgan fingerprint density at radius 1 is 0.789 bits per heavy atom. The molecule has 1 N–H and O–H groups in total. The first-order chi connectivity index (χ1) is 27.5. The number of anilines is 1. The van der Waals surface area contributed by atoms with Gasteiger partial charge in [-0.2, -0.15) is 4.58 Å². The molecule has 57 heavy (non-hydrogen) atoms. The molecule has 0 aromatic heterocycles. The third kappa shape index (κ3) is 11.0. The van der Waals surface area contributed by atoms with E-state index in [-0.39, 0.29) is 36.0 Å². The minimum Gasteiger partial charge on any atom is -0.382 e. The largest absolute Gasteiger partial charge is 0.382 e. The van der Waals surface area contributed by atoms with E-state index in [9.17, 15) is 19.2 Å². The summed E-state index contributed by atoms with van der Waals surface area (Å²) in [7, 11) is 1.64. The van der Waals surface area contributed by atoms with Crippen LogP contribution < -0.4 is 10.2 Å². The van der Waals surface area contributed by atoms with Gasteiger partial charge in [0.15, 0.2) is 5.71 Å². The number of amides is 3. The van der Waals surface area contributed by atoms with Crippen molar-refractivity contribution in [3.8, 4) is 0 Å². The Labute approximate surface area is 338 Å². The highest BCUT2D eigenvalue weighted by Crippen LogP contribution is 2.47. The lowest BCUT2D eigenvalue weighted by Gasteiger charge is -2.27. The maximum Gasteiger partial charge on any atom is 0.333 e. The van der Waals surface area contributed by atoms with Crippen molar-refractivity contribution in [1.29, 1.82) is 0 Å². The Morgan fingerprint density at radius 2 is 1.49 bits per heavy atom. The molecule has 2 aromatic rings. The molecule has 0 saturated carbocycles. The van der Waals surface area contributed by atoms with Gasteiger partial charge in [0, 0.05) is 86.8 Å². The van der Waals surface area contributed by atoms with Gasteiger partial charge in [-0.05, 0) is 57.2 Å².